The summed E-state index contributed by atoms with van der Waals surface area (Å²) in [6.45, 7) is 0. The van der Waals surface area contributed by atoms with Crippen molar-refractivity contribution in [2.75, 3.05) is 4.72 Å². The molecule has 0 fully saturated rings. The fourth-order valence-corrected chi connectivity index (χ4v) is 6.12. The molecule has 0 saturated heterocycles. The smallest absolute Gasteiger partial charge is 0.263 e. The zero-order chi connectivity index (χ0) is 25.9. The van der Waals surface area contributed by atoms with Gasteiger partial charge in [0.05, 0.1) is 20.2 Å². The fraction of sp³-hybridized carbons (Fsp3) is 0. The van der Waals surface area contributed by atoms with E-state index in [1.165, 1.54) is 24.4 Å². The van der Waals surface area contributed by atoms with E-state index >= 15 is 0 Å². The van der Waals surface area contributed by atoms with Crippen molar-refractivity contribution in [3.05, 3.63) is 87.3 Å². The number of aromatic nitrogens is 1. The summed E-state index contributed by atoms with van der Waals surface area (Å²) in [6, 6.07) is 18.1. The lowest BCUT2D eigenvalue weighted by atomic mass is 9.98. The first-order valence-electron chi connectivity index (χ1n) is 10.1. The van der Waals surface area contributed by atoms with Crippen LogP contribution in [0.25, 0.3) is 21.6 Å². The van der Waals surface area contributed by atoms with Gasteiger partial charge in [0.1, 0.15) is 24.1 Å². The molecule has 0 aliphatic carbocycles. The molecular formula is C24H16Cl2N6O2S2. The third kappa shape index (κ3) is 5.10. The summed E-state index contributed by atoms with van der Waals surface area (Å²) in [7, 11) is -3.87. The van der Waals surface area contributed by atoms with Crippen molar-refractivity contribution >= 4 is 62.6 Å². The minimum Gasteiger partial charge on any atom is -0.382 e. The van der Waals surface area contributed by atoms with Crippen LogP contribution in [-0.2, 0) is 10.0 Å². The predicted octanol–water partition coefficient (Wildman–Crippen LogP) is 5.77. The van der Waals surface area contributed by atoms with Gasteiger partial charge < -0.3 is 5.73 Å². The van der Waals surface area contributed by atoms with Gasteiger partial charge in [-0.1, -0.05) is 47.5 Å². The average Bonchev–Trinajstić information content (AvgIpc) is 3.24. The minimum atomic E-state index is -3.87. The second-order valence-electron chi connectivity index (χ2n) is 7.24. The lowest BCUT2D eigenvalue weighted by molar-refractivity contribution is 0.601. The van der Waals surface area contributed by atoms with Crippen LogP contribution in [0.2, 0.25) is 10.0 Å². The molecule has 8 nitrogen and oxygen atoms in total. The van der Waals surface area contributed by atoms with E-state index in [0.29, 0.717) is 36.5 Å². The second-order valence-corrected chi connectivity index (χ2v) is 10.8. The second kappa shape index (κ2) is 10.5. The van der Waals surface area contributed by atoms with Crippen molar-refractivity contribution in [1.29, 1.82) is 10.7 Å². The summed E-state index contributed by atoms with van der Waals surface area (Å²) in [5.41, 5.74) is 7.87. The van der Waals surface area contributed by atoms with Gasteiger partial charge in [-0.15, -0.1) is 11.3 Å². The first-order chi connectivity index (χ1) is 17.2. The number of amidine groups is 1. The molecule has 0 bridgehead atoms. The number of anilines is 1. The molecule has 4 rings (SSSR count). The Hall–Kier alpha value is -3.75. The molecule has 0 atom stereocenters. The summed E-state index contributed by atoms with van der Waals surface area (Å²) in [5, 5.41) is 18.2. The molecular weight excluding hydrogens is 539 g/mol. The van der Waals surface area contributed by atoms with E-state index in [0.717, 1.165) is 17.7 Å². The van der Waals surface area contributed by atoms with E-state index in [-0.39, 0.29) is 22.1 Å². The van der Waals surface area contributed by atoms with Crippen LogP contribution in [-0.4, -0.2) is 25.6 Å². The van der Waals surface area contributed by atoms with Gasteiger partial charge in [-0.05, 0) is 42.0 Å². The molecule has 36 heavy (non-hydrogen) atoms. The number of nitriles is 1. The number of pyridine rings is 1. The summed E-state index contributed by atoms with van der Waals surface area (Å²) in [5.74, 6) is 0.0974. The monoisotopic (exact) mass is 554 g/mol. The standard InChI is InChI=1S/C24H16Cl2N6O2S2/c25-15-6-7-17(19(26)11-15)21-18(12-27)22(35-23(21)24(29)31-13-28)14-8-9-30-20(10-14)32-36(33,34)16-4-2-1-3-5-16/h1-11,13H,(H,30,32)(H3,28,29,31). The normalized spacial score (nSPS) is 11.6. The lowest BCUT2D eigenvalue weighted by Gasteiger charge is -2.09. The number of sulfonamides is 1. The van der Waals surface area contributed by atoms with E-state index in [9.17, 15) is 13.7 Å². The lowest BCUT2D eigenvalue weighted by Crippen LogP contribution is -2.13. The number of nitrogens with zero attached hydrogens (tertiary/aromatic N) is 3. The Bertz CT molecular complexity index is 1650. The first kappa shape index (κ1) is 25.3. The number of aliphatic imine (C=N–C) groups is 1. The quantitative estimate of drug-likeness (QED) is 0.196. The van der Waals surface area contributed by atoms with Crippen LogP contribution in [0.1, 0.15) is 10.4 Å². The third-order valence-corrected chi connectivity index (χ3v) is 8.15. The molecule has 0 unspecified atom stereocenters. The predicted molar refractivity (Wildman–Crippen MR) is 144 cm³/mol. The maximum absolute atomic E-state index is 12.8. The molecule has 180 valence electrons. The molecule has 0 aliphatic heterocycles. The van der Waals surface area contributed by atoms with Gasteiger partial charge in [-0.3, -0.25) is 10.1 Å². The van der Waals surface area contributed by atoms with E-state index in [1.807, 2.05) is 0 Å². The molecule has 4 aromatic rings. The van der Waals surface area contributed by atoms with Crippen LogP contribution in [0.3, 0.4) is 0 Å². The highest BCUT2D eigenvalue weighted by atomic mass is 35.5. The molecule has 0 spiro atoms. The van der Waals surface area contributed by atoms with Crippen molar-refractivity contribution in [1.82, 2.24) is 4.98 Å². The molecule has 0 radical (unpaired) electrons. The Morgan fingerprint density at radius 1 is 1.17 bits per heavy atom. The summed E-state index contributed by atoms with van der Waals surface area (Å²) in [6.07, 6.45) is 2.24. The molecule has 4 N–H and O–H groups in total. The Balaban J connectivity index is 1.87. The average molecular weight is 555 g/mol. The Labute approximate surface area is 221 Å². The van der Waals surface area contributed by atoms with Crippen LogP contribution in [0.4, 0.5) is 5.82 Å². The number of nitrogens with one attached hydrogen (secondary N) is 2. The van der Waals surface area contributed by atoms with Crippen LogP contribution in [0, 0.1) is 16.7 Å². The van der Waals surface area contributed by atoms with Gasteiger partial charge in [0.2, 0.25) is 0 Å². The largest absolute Gasteiger partial charge is 0.382 e. The highest BCUT2D eigenvalue weighted by molar-refractivity contribution is 7.92. The zero-order valence-electron chi connectivity index (χ0n) is 18.2. The van der Waals surface area contributed by atoms with Crippen molar-refractivity contribution in [2.24, 2.45) is 10.7 Å². The highest BCUT2D eigenvalue weighted by Gasteiger charge is 2.25. The Kier molecular flexibility index (Phi) is 7.37. The van der Waals surface area contributed by atoms with Gasteiger partial charge in [0.25, 0.3) is 10.0 Å². The van der Waals surface area contributed by atoms with Crippen LogP contribution >= 0.6 is 34.5 Å². The van der Waals surface area contributed by atoms with Crippen LogP contribution < -0.4 is 10.5 Å². The summed E-state index contributed by atoms with van der Waals surface area (Å²) in [4.78, 5) is 9.01. The molecule has 0 aliphatic rings. The molecule has 2 aromatic heterocycles. The number of hydrogen-bond acceptors (Lipinski definition) is 6. The number of thiophene rings is 1. The van der Waals surface area contributed by atoms with E-state index in [2.05, 4.69) is 20.8 Å². The fourth-order valence-electron chi connectivity index (χ4n) is 3.42. The van der Waals surface area contributed by atoms with Crippen molar-refractivity contribution in [2.45, 2.75) is 4.90 Å². The minimum absolute atomic E-state index is 0.0258. The van der Waals surface area contributed by atoms with Crippen molar-refractivity contribution in [3.8, 4) is 27.6 Å². The Morgan fingerprint density at radius 2 is 1.92 bits per heavy atom. The number of benzene rings is 2. The molecule has 0 amide bonds. The zero-order valence-corrected chi connectivity index (χ0v) is 21.4. The van der Waals surface area contributed by atoms with Crippen LogP contribution in [0.15, 0.2) is 76.7 Å². The Morgan fingerprint density at radius 3 is 2.58 bits per heavy atom. The highest BCUT2D eigenvalue weighted by Crippen LogP contribution is 2.44. The van der Waals surface area contributed by atoms with Gasteiger partial charge in [-0.25, -0.2) is 18.4 Å². The maximum Gasteiger partial charge on any atom is 0.263 e. The third-order valence-electron chi connectivity index (χ3n) is 4.97. The van der Waals surface area contributed by atoms with Gasteiger partial charge in [-0.2, -0.15) is 5.26 Å². The van der Waals surface area contributed by atoms with Crippen molar-refractivity contribution < 1.29 is 8.42 Å². The van der Waals surface area contributed by atoms with Gasteiger partial charge in [0.15, 0.2) is 0 Å². The molecule has 2 aromatic carbocycles. The van der Waals surface area contributed by atoms with Crippen LogP contribution in [0.5, 0.6) is 0 Å². The molecule has 2 heterocycles. The van der Waals surface area contributed by atoms with E-state index < -0.39 is 10.0 Å². The molecule has 0 saturated carbocycles. The maximum atomic E-state index is 12.8. The SMILES string of the molecule is N#Cc1c(-c2ccnc(NS(=O)(=O)c3ccccc3)c2)sc(C(N)=NC=N)c1-c1ccc(Cl)cc1Cl. The van der Waals surface area contributed by atoms with E-state index in [1.54, 1.807) is 42.5 Å². The summed E-state index contributed by atoms with van der Waals surface area (Å²) >= 11 is 13.7. The molecule has 12 heteroatoms. The van der Waals surface area contributed by atoms with Gasteiger partial charge >= 0.3 is 0 Å². The summed E-state index contributed by atoms with van der Waals surface area (Å²) < 4.78 is 28.0. The topological polar surface area (TPSA) is 145 Å². The van der Waals surface area contributed by atoms with E-state index in [4.69, 9.17) is 34.3 Å². The number of nitrogens with two attached hydrogens (primary N) is 1. The van der Waals surface area contributed by atoms with Gasteiger partial charge in [0, 0.05) is 27.4 Å². The number of hydrogen-bond donors (Lipinski definition) is 3. The van der Waals surface area contributed by atoms with Crippen molar-refractivity contribution in [3.63, 3.8) is 0 Å². The first-order valence-corrected chi connectivity index (χ1v) is 13.2. The number of rotatable bonds is 7. The number of halogens is 2.